The van der Waals surface area contributed by atoms with Crippen LogP contribution in [0.15, 0.2) is 30.5 Å². The van der Waals surface area contributed by atoms with Gasteiger partial charge < -0.3 is 10.0 Å². The van der Waals surface area contributed by atoms with E-state index in [1.54, 1.807) is 7.05 Å². The van der Waals surface area contributed by atoms with Crippen molar-refractivity contribution in [1.29, 1.82) is 0 Å². The standard InChI is InChI=1S/C15H18N4O3/c1-10(2)11-4-6-12(7-5-11)18(3)14(20)9-19-8-13(15(21)22)16-17-19/h4-8,10H,9H2,1-3H3,(H,21,22). The molecule has 1 heterocycles. The molecule has 1 N–H and O–H groups in total. The molecule has 2 rings (SSSR count). The van der Waals surface area contributed by atoms with Crippen molar-refractivity contribution in [3.8, 4) is 0 Å². The maximum atomic E-state index is 12.2. The number of rotatable bonds is 5. The topological polar surface area (TPSA) is 88.3 Å². The van der Waals surface area contributed by atoms with E-state index in [0.717, 1.165) is 5.69 Å². The minimum Gasteiger partial charge on any atom is -0.476 e. The van der Waals surface area contributed by atoms with E-state index >= 15 is 0 Å². The average Bonchev–Trinajstić information content (AvgIpc) is 2.95. The molecule has 0 aliphatic rings. The van der Waals surface area contributed by atoms with E-state index in [9.17, 15) is 9.59 Å². The first-order chi connectivity index (χ1) is 10.4. The second kappa shape index (κ2) is 6.38. The lowest BCUT2D eigenvalue weighted by Crippen LogP contribution is -2.30. The van der Waals surface area contributed by atoms with Crippen LogP contribution in [-0.2, 0) is 11.3 Å². The van der Waals surface area contributed by atoms with Gasteiger partial charge in [-0.3, -0.25) is 4.79 Å². The number of anilines is 1. The number of likely N-dealkylation sites (N-methyl/N-ethyl adjacent to an activating group) is 1. The zero-order valence-electron chi connectivity index (χ0n) is 12.7. The summed E-state index contributed by atoms with van der Waals surface area (Å²) >= 11 is 0. The van der Waals surface area contributed by atoms with E-state index in [4.69, 9.17) is 5.11 Å². The van der Waals surface area contributed by atoms with Crippen molar-refractivity contribution in [3.05, 3.63) is 41.7 Å². The van der Waals surface area contributed by atoms with Crippen molar-refractivity contribution in [3.63, 3.8) is 0 Å². The summed E-state index contributed by atoms with van der Waals surface area (Å²) in [6.07, 6.45) is 1.23. The van der Waals surface area contributed by atoms with Crippen LogP contribution >= 0.6 is 0 Å². The molecule has 0 unspecified atom stereocenters. The fourth-order valence-electron chi connectivity index (χ4n) is 1.95. The molecular formula is C15H18N4O3. The molecule has 1 aromatic carbocycles. The Bertz CT molecular complexity index is 676. The molecule has 0 radical (unpaired) electrons. The van der Waals surface area contributed by atoms with Gasteiger partial charge in [0.2, 0.25) is 5.91 Å². The third kappa shape index (κ3) is 3.49. The van der Waals surface area contributed by atoms with Gasteiger partial charge in [0, 0.05) is 12.7 Å². The predicted molar refractivity (Wildman–Crippen MR) is 80.9 cm³/mol. The normalized spacial score (nSPS) is 10.7. The van der Waals surface area contributed by atoms with Crippen molar-refractivity contribution in [2.24, 2.45) is 0 Å². The van der Waals surface area contributed by atoms with Gasteiger partial charge in [-0.15, -0.1) is 5.10 Å². The number of benzene rings is 1. The molecule has 1 aromatic heterocycles. The summed E-state index contributed by atoms with van der Waals surface area (Å²) < 4.78 is 1.21. The van der Waals surface area contributed by atoms with Crippen LogP contribution in [0.5, 0.6) is 0 Å². The van der Waals surface area contributed by atoms with Gasteiger partial charge in [0.05, 0.1) is 6.20 Å². The van der Waals surface area contributed by atoms with Gasteiger partial charge in [-0.05, 0) is 23.6 Å². The summed E-state index contributed by atoms with van der Waals surface area (Å²) in [5.41, 5.74) is 1.79. The molecule has 0 aliphatic heterocycles. The molecular weight excluding hydrogens is 284 g/mol. The van der Waals surface area contributed by atoms with Crippen molar-refractivity contribution < 1.29 is 14.7 Å². The first-order valence-electron chi connectivity index (χ1n) is 6.88. The first-order valence-corrected chi connectivity index (χ1v) is 6.88. The van der Waals surface area contributed by atoms with Gasteiger partial charge in [0.1, 0.15) is 6.54 Å². The highest BCUT2D eigenvalue weighted by Crippen LogP contribution is 2.19. The first kappa shape index (κ1) is 15.7. The van der Waals surface area contributed by atoms with Gasteiger partial charge in [-0.1, -0.05) is 31.2 Å². The lowest BCUT2D eigenvalue weighted by Gasteiger charge is -2.18. The van der Waals surface area contributed by atoms with Gasteiger partial charge in [-0.25, -0.2) is 9.48 Å². The third-order valence-electron chi connectivity index (χ3n) is 3.38. The molecule has 116 valence electrons. The smallest absolute Gasteiger partial charge is 0.358 e. The van der Waals surface area contributed by atoms with Gasteiger partial charge in [-0.2, -0.15) is 0 Å². The molecule has 0 saturated heterocycles. The fraction of sp³-hybridized carbons (Fsp3) is 0.333. The second-order valence-corrected chi connectivity index (χ2v) is 5.31. The highest BCUT2D eigenvalue weighted by Gasteiger charge is 2.15. The van der Waals surface area contributed by atoms with E-state index < -0.39 is 5.97 Å². The molecule has 0 spiro atoms. The van der Waals surface area contributed by atoms with E-state index in [2.05, 4.69) is 24.2 Å². The minimum atomic E-state index is -1.17. The van der Waals surface area contributed by atoms with E-state index in [0.29, 0.717) is 5.92 Å². The van der Waals surface area contributed by atoms with Crippen LogP contribution in [0.1, 0.15) is 35.8 Å². The minimum absolute atomic E-state index is 0.0668. The lowest BCUT2D eigenvalue weighted by atomic mass is 10.0. The van der Waals surface area contributed by atoms with Crippen molar-refractivity contribution >= 4 is 17.6 Å². The van der Waals surface area contributed by atoms with Crippen LogP contribution in [0.25, 0.3) is 0 Å². The van der Waals surface area contributed by atoms with Gasteiger partial charge in [0.15, 0.2) is 5.69 Å². The molecule has 2 aromatic rings. The number of carbonyl (C=O) groups excluding carboxylic acids is 1. The number of aromatic carboxylic acids is 1. The Morgan fingerprint density at radius 2 is 1.91 bits per heavy atom. The quantitative estimate of drug-likeness (QED) is 0.909. The highest BCUT2D eigenvalue weighted by molar-refractivity contribution is 5.92. The highest BCUT2D eigenvalue weighted by atomic mass is 16.4. The zero-order chi connectivity index (χ0) is 16.3. The van der Waals surface area contributed by atoms with Crippen molar-refractivity contribution in [2.45, 2.75) is 26.3 Å². The number of hydrogen-bond acceptors (Lipinski definition) is 4. The van der Waals surface area contributed by atoms with Crippen LogP contribution in [-0.4, -0.2) is 39.0 Å². The summed E-state index contributed by atoms with van der Waals surface area (Å²) in [6, 6.07) is 7.75. The zero-order valence-corrected chi connectivity index (χ0v) is 12.7. The Hall–Kier alpha value is -2.70. The van der Waals surface area contributed by atoms with E-state index in [1.165, 1.54) is 21.3 Å². The Morgan fingerprint density at radius 3 is 2.41 bits per heavy atom. The average molecular weight is 302 g/mol. The van der Waals surface area contributed by atoms with Crippen LogP contribution in [0.4, 0.5) is 5.69 Å². The Balaban J connectivity index is 2.06. The third-order valence-corrected chi connectivity index (χ3v) is 3.38. The largest absolute Gasteiger partial charge is 0.476 e. The maximum Gasteiger partial charge on any atom is 0.358 e. The Kier molecular flexibility index (Phi) is 4.55. The van der Waals surface area contributed by atoms with E-state index in [1.807, 2.05) is 24.3 Å². The summed E-state index contributed by atoms with van der Waals surface area (Å²) in [7, 11) is 1.67. The summed E-state index contributed by atoms with van der Waals surface area (Å²) in [4.78, 5) is 24.4. The number of aromatic nitrogens is 3. The summed E-state index contributed by atoms with van der Waals surface area (Å²) in [5.74, 6) is -0.949. The van der Waals surface area contributed by atoms with Gasteiger partial charge in [0.25, 0.3) is 0 Å². The molecule has 0 fully saturated rings. The molecule has 0 aliphatic carbocycles. The van der Waals surface area contributed by atoms with Gasteiger partial charge >= 0.3 is 5.97 Å². The molecule has 0 atom stereocenters. The predicted octanol–water partition coefficient (Wildman–Crippen LogP) is 1.76. The van der Waals surface area contributed by atoms with Crippen LogP contribution in [0.3, 0.4) is 0 Å². The number of amides is 1. The number of carboxylic acid groups (broad SMARTS) is 1. The van der Waals surface area contributed by atoms with Crippen LogP contribution < -0.4 is 4.90 Å². The molecule has 7 nitrogen and oxygen atoms in total. The summed E-state index contributed by atoms with van der Waals surface area (Å²) in [5, 5.41) is 15.9. The maximum absolute atomic E-state index is 12.2. The number of hydrogen-bond donors (Lipinski definition) is 1. The Morgan fingerprint density at radius 1 is 1.27 bits per heavy atom. The molecule has 7 heteroatoms. The second-order valence-electron chi connectivity index (χ2n) is 5.31. The van der Waals surface area contributed by atoms with Crippen molar-refractivity contribution in [2.75, 3.05) is 11.9 Å². The molecule has 0 saturated carbocycles. The summed E-state index contributed by atoms with van der Waals surface area (Å²) in [6.45, 7) is 4.14. The number of carboxylic acids is 1. The van der Waals surface area contributed by atoms with E-state index in [-0.39, 0.29) is 18.1 Å². The number of carbonyl (C=O) groups is 2. The SMILES string of the molecule is CC(C)c1ccc(N(C)C(=O)Cn2cc(C(=O)O)nn2)cc1. The molecule has 1 amide bonds. The molecule has 0 bridgehead atoms. The lowest BCUT2D eigenvalue weighted by molar-refractivity contribution is -0.119. The van der Waals surface area contributed by atoms with Crippen molar-refractivity contribution in [1.82, 2.24) is 15.0 Å². The van der Waals surface area contributed by atoms with Crippen LogP contribution in [0, 0.1) is 0 Å². The molecule has 22 heavy (non-hydrogen) atoms. The monoisotopic (exact) mass is 302 g/mol. The Labute approximate surface area is 128 Å². The van der Waals surface area contributed by atoms with Crippen LogP contribution in [0.2, 0.25) is 0 Å². The fourth-order valence-corrected chi connectivity index (χ4v) is 1.95. The number of nitrogens with zero attached hydrogens (tertiary/aromatic N) is 4.